The van der Waals surface area contributed by atoms with Crippen LogP contribution < -0.4 is 10.1 Å². The van der Waals surface area contributed by atoms with Gasteiger partial charge < -0.3 is 15.2 Å². The van der Waals surface area contributed by atoms with Gasteiger partial charge in [0.15, 0.2) is 6.61 Å². The lowest BCUT2D eigenvalue weighted by molar-refractivity contribution is -0.124. The van der Waals surface area contributed by atoms with Crippen molar-refractivity contribution in [3.05, 3.63) is 28.8 Å². The van der Waals surface area contributed by atoms with E-state index in [1.807, 2.05) is 19.1 Å². The Morgan fingerprint density at radius 1 is 1.50 bits per heavy atom. The molecule has 110 valence electrons. The van der Waals surface area contributed by atoms with Crippen molar-refractivity contribution in [1.82, 2.24) is 5.32 Å². The van der Waals surface area contributed by atoms with Gasteiger partial charge in [-0.15, -0.1) is 0 Å². The molecule has 2 atom stereocenters. The zero-order valence-corrected chi connectivity index (χ0v) is 12.3. The Morgan fingerprint density at radius 3 is 3.05 bits per heavy atom. The van der Waals surface area contributed by atoms with Gasteiger partial charge in [0.25, 0.3) is 5.91 Å². The molecule has 4 nitrogen and oxygen atoms in total. The minimum Gasteiger partial charge on any atom is -0.482 e. The van der Waals surface area contributed by atoms with Crippen LogP contribution in [0.3, 0.4) is 0 Å². The lowest BCUT2D eigenvalue weighted by Crippen LogP contribution is -2.41. The summed E-state index contributed by atoms with van der Waals surface area (Å²) >= 11 is 6.01. The third-order valence-electron chi connectivity index (χ3n) is 3.69. The number of halogens is 1. The van der Waals surface area contributed by atoms with Crippen LogP contribution in [0.5, 0.6) is 5.75 Å². The van der Waals surface area contributed by atoms with Crippen molar-refractivity contribution in [2.45, 2.75) is 32.2 Å². The fourth-order valence-corrected chi connectivity index (χ4v) is 2.73. The second-order valence-corrected chi connectivity index (χ2v) is 5.68. The van der Waals surface area contributed by atoms with Crippen molar-refractivity contribution in [3.8, 4) is 5.75 Å². The Kier molecular flexibility index (Phi) is 5.26. The molecule has 5 heteroatoms. The van der Waals surface area contributed by atoms with E-state index in [9.17, 15) is 9.90 Å². The van der Waals surface area contributed by atoms with Crippen LogP contribution in [0.4, 0.5) is 0 Å². The highest BCUT2D eigenvalue weighted by Gasteiger charge is 2.27. The van der Waals surface area contributed by atoms with E-state index in [0.29, 0.717) is 10.8 Å². The predicted molar refractivity (Wildman–Crippen MR) is 78.0 cm³/mol. The molecule has 1 aromatic rings. The molecule has 1 aromatic carbocycles. The molecule has 2 rings (SSSR count). The highest BCUT2D eigenvalue weighted by Crippen LogP contribution is 2.26. The number of benzene rings is 1. The molecule has 0 spiro atoms. The van der Waals surface area contributed by atoms with E-state index >= 15 is 0 Å². The largest absolute Gasteiger partial charge is 0.482 e. The minimum absolute atomic E-state index is 0.0577. The molecule has 0 heterocycles. The van der Waals surface area contributed by atoms with Crippen molar-refractivity contribution >= 4 is 17.5 Å². The number of hydrogen-bond acceptors (Lipinski definition) is 3. The van der Waals surface area contributed by atoms with E-state index < -0.39 is 0 Å². The van der Waals surface area contributed by atoms with Crippen LogP contribution in [-0.2, 0) is 4.79 Å². The lowest BCUT2D eigenvalue weighted by Gasteiger charge is -2.19. The molecule has 1 saturated carbocycles. The first-order valence-corrected chi connectivity index (χ1v) is 7.27. The van der Waals surface area contributed by atoms with E-state index in [0.717, 1.165) is 24.8 Å². The van der Waals surface area contributed by atoms with Crippen LogP contribution in [-0.4, -0.2) is 30.3 Å². The SMILES string of the molecule is Cc1ccc(Cl)c(OCC(=O)NC2CCCC2CO)c1. The maximum atomic E-state index is 11.9. The van der Waals surface area contributed by atoms with Gasteiger partial charge in [-0.1, -0.05) is 24.1 Å². The number of aliphatic hydroxyl groups excluding tert-OH is 1. The Bertz CT molecular complexity index is 478. The first-order valence-electron chi connectivity index (χ1n) is 6.89. The minimum atomic E-state index is -0.173. The molecule has 0 radical (unpaired) electrons. The summed E-state index contributed by atoms with van der Waals surface area (Å²) in [4.78, 5) is 11.9. The van der Waals surface area contributed by atoms with Crippen molar-refractivity contribution in [2.24, 2.45) is 5.92 Å². The number of aryl methyl sites for hydroxylation is 1. The third kappa shape index (κ3) is 3.87. The predicted octanol–water partition coefficient (Wildman–Crippen LogP) is 2.30. The number of rotatable bonds is 5. The first-order chi connectivity index (χ1) is 9.60. The van der Waals surface area contributed by atoms with Crippen LogP contribution in [0.15, 0.2) is 18.2 Å². The molecule has 2 N–H and O–H groups in total. The summed E-state index contributed by atoms with van der Waals surface area (Å²) in [5.41, 5.74) is 1.03. The van der Waals surface area contributed by atoms with E-state index in [1.54, 1.807) is 6.07 Å². The molecular formula is C15H20ClNO3. The molecule has 0 aliphatic heterocycles. The summed E-state index contributed by atoms with van der Waals surface area (Å²) in [7, 11) is 0. The zero-order chi connectivity index (χ0) is 14.5. The van der Waals surface area contributed by atoms with Crippen LogP contribution in [0, 0.1) is 12.8 Å². The van der Waals surface area contributed by atoms with Gasteiger partial charge in [-0.25, -0.2) is 0 Å². The molecule has 0 aromatic heterocycles. The molecule has 0 bridgehead atoms. The normalized spacial score (nSPS) is 21.8. The Morgan fingerprint density at radius 2 is 2.30 bits per heavy atom. The van der Waals surface area contributed by atoms with Gasteiger partial charge in [-0.2, -0.15) is 0 Å². The van der Waals surface area contributed by atoms with Crippen molar-refractivity contribution < 1.29 is 14.6 Å². The molecule has 0 saturated heterocycles. The highest BCUT2D eigenvalue weighted by molar-refractivity contribution is 6.32. The van der Waals surface area contributed by atoms with Crippen LogP contribution >= 0.6 is 11.6 Å². The van der Waals surface area contributed by atoms with Gasteiger partial charge in [-0.3, -0.25) is 4.79 Å². The molecule has 1 amide bonds. The molecular weight excluding hydrogens is 278 g/mol. The second-order valence-electron chi connectivity index (χ2n) is 5.27. The maximum Gasteiger partial charge on any atom is 0.258 e. The summed E-state index contributed by atoms with van der Waals surface area (Å²) < 4.78 is 5.45. The fraction of sp³-hybridized carbons (Fsp3) is 0.533. The number of ether oxygens (including phenoxy) is 1. The number of amides is 1. The molecule has 2 unspecified atom stereocenters. The number of aliphatic hydroxyl groups is 1. The van der Waals surface area contributed by atoms with E-state index in [2.05, 4.69) is 5.32 Å². The average Bonchev–Trinajstić information content (AvgIpc) is 2.87. The molecule has 20 heavy (non-hydrogen) atoms. The third-order valence-corrected chi connectivity index (χ3v) is 4.00. The molecule has 1 aliphatic carbocycles. The van der Waals surface area contributed by atoms with Crippen molar-refractivity contribution in [1.29, 1.82) is 0 Å². The standard InChI is InChI=1S/C15H20ClNO3/c1-10-5-6-12(16)14(7-10)20-9-15(19)17-13-4-2-3-11(13)8-18/h5-7,11,13,18H,2-4,8-9H2,1H3,(H,17,19). The van der Waals surface area contributed by atoms with Gasteiger partial charge in [-0.05, 0) is 37.5 Å². The lowest BCUT2D eigenvalue weighted by atomic mass is 10.1. The number of hydrogen-bond donors (Lipinski definition) is 2. The molecule has 1 fully saturated rings. The van der Waals surface area contributed by atoms with Crippen molar-refractivity contribution in [3.63, 3.8) is 0 Å². The second kappa shape index (κ2) is 6.95. The van der Waals surface area contributed by atoms with E-state index in [-0.39, 0.29) is 31.1 Å². The first kappa shape index (κ1) is 15.1. The summed E-state index contributed by atoms with van der Waals surface area (Å²) in [5, 5.41) is 12.6. The summed E-state index contributed by atoms with van der Waals surface area (Å²) in [5.74, 6) is 0.515. The van der Waals surface area contributed by atoms with Crippen LogP contribution in [0.25, 0.3) is 0 Å². The van der Waals surface area contributed by atoms with Gasteiger partial charge in [0, 0.05) is 18.6 Å². The monoisotopic (exact) mass is 297 g/mol. The maximum absolute atomic E-state index is 11.9. The van der Waals surface area contributed by atoms with Gasteiger partial charge >= 0.3 is 0 Å². The topological polar surface area (TPSA) is 58.6 Å². The quantitative estimate of drug-likeness (QED) is 0.877. The summed E-state index contributed by atoms with van der Waals surface area (Å²) in [6, 6.07) is 5.51. The van der Waals surface area contributed by atoms with E-state index in [1.165, 1.54) is 0 Å². The van der Waals surface area contributed by atoms with Gasteiger partial charge in [0.05, 0.1) is 5.02 Å². The van der Waals surface area contributed by atoms with Crippen LogP contribution in [0.2, 0.25) is 5.02 Å². The number of nitrogens with one attached hydrogen (secondary N) is 1. The molecule has 1 aliphatic rings. The van der Waals surface area contributed by atoms with Gasteiger partial charge in [0.1, 0.15) is 5.75 Å². The van der Waals surface area contributed by atoms with Gasteiger partial charge in [0.2, 0.25) is 0 Å². The smallest absolute Gasteiger partial charge is 0.258 e. The number of carbonyl (C=O) groups excluding carboxylic acids is 1. The van der Waals surface area contributed by atoms with E-state index in [4.69, 9.17) is 16.3 Å². The Hall–Kier alpha value is -1.26. The summed E-state index contributed by atoms with van der Waals surface area (Å²) in [6.07, 6.45) is 2.93. The van der Waals surface area contributed by atoms with Crippen LogP contribution in [0.1, 0.15) is 24.8 Å². The summed E-state index contributed by atoms with van der Waals surface area (Å²) in [6.45, 7) is 2.00. The Balaban J connectivity index is 1.84. The zero-order valence-electron chi connectivity index (χ0n) is 11.6. The number of carbonyl (C=O) groups is 1. The Labute approximate surface area is 124 Å². The highest BCUT2D eigenvalue weighted by atomic mass is 35.5. The average molecular weight is 298 g/mol. The fourth-order valence-electron chi connectivity index (χ4n) is 2.56. The van der Waals surface area contributed by atoms with Crippen molar-refractivity contribution in [2.75, 3.05) is 13.2 Å².